The molecule has 0 aliphatic carbocycles. The molecule has 1 aliphatic rings. The molecule has 0 saturated carbocycles. The van der Waals surface area contributed by atoms with Crippen LogP contribution in [-0.2, 0) is 6.54 Å². The maximum Gasteiger partial charge on any atom is 0.0300 e. The molecule has 108 valence electrons. The molecule has 0 spiro atoms. The van der Waals surface area contributed by atoms with Crippen molar-refractivity contribution in [2.24, 2.45) is 5.92 Å². The van der Waals surface area contributed by atoms with Crippen LogP contribution in [0.4, 0.5) is 0 Å². The van der Waals surface area contributed by atoms with Gasteiger partial charge in [-0.05, 0) is 53.8 Å². The van der Waals surface area contributed by atoms with Crippen LogP contribution in [0.25, 0.3) is 0 Å². The number of nitrogens with one attached hydrogen (secondary N) is 1. The van der Waals surface area contributed by atoms with Crippen molar-refractivity contribution in [2.75, 3.05) is 26.2 Å². The second-order valence-corrected chi connectivity index (χ2v) is 7.39. The van der Waals surface area contributed by atoms with Gasteiger partial charge in [0.05, 0.1) is 0 Å². The van der Waals surface area contributed by atoms with Crippen LogP contribution in [0.15, 0.2) is 15.9 Å². The molecule has 2 nitrogen and oxygen atoms in total. The van der Waals surface area contributed by atoms with E-state index in [0.29, 0.717) is 0 Å². The van der Waals surface area contributed by atoms with Crippen molar-refractivity contribution in [1.82, 2.24) is 10.2 Å². The molecule has 0 aromatic carbocycles. The van der Waals surface area contributed by atoms with E-state index in [-0.39, 0.29) is 0 Å². The summed E-state index contributed by atoms with van der Waals surface area (Å²) in [5, 5.41) is 5.69. The summed E-state index contributed by atoms with van der Waals surface area (Å²) >= 11 is 5.31. The van der Waals surface area contributed by atoms with E-state index in [1.807, 2.05) is 11.3 Å². The van der Waals surface area contributed by atoms with Gasteiger partial charge < -0.3 is 10.2 Å². The zero-order valence-corrected chi connectivity index (χ0v) is 14.2. The standard InChI is InChI=1S/C15H25BrN2S/c1-2-3-13-4-7-18(8-5-13)9-6-17-11-15-10-14(16)12-19-15/h10,12-13,17H,2-9,11H2,1H3. The molecule has 1 aromatic heterocycles. The van der Waals surface area contributed by atoms with Crippen LogP contribution in [0.5, 0.6) is 0 Å². The third kappa shape index (κ3) is 5.54. The van der Waals surface area contributed by atoms with Gasteiger partial charge in [-0.3, -0.25) is 0 Å². The third-order valence-electron chi connectivity index (χ3n) is 3.93. The Morgan fingerprint density at radius 1 is 1.42 bits per heavy atom. The van der Waals surface area contributed by atoms with Gasteiger partial charge in [-0.2, -0.15) is 0 Å². The zero-order valence-electron chi connectivity index (χ0n) is 11.8. The number of hydrogen-bond donors (Lipinski definition) is 1. The summed E-state index contributed by atoms with van der Waals surface area (Å²) in [6.45, 7) is 8.22. The minimum absolute atomic E-state index is 0.998. The lowest BCUT2D eigenvalue weighted by atomic mass is 9.92. The number of piperidine rings is 1. The van der Waals surface area contributed by atoms with E-state index in [4.69, 9.17) is 0 Å². The largest absolute Gasteiger partial charge is 0.311 e. The molecule has 1 aliphatic heterocycles. The fraction of sp³-hybridized carbons (Fsp3) is 0.733. The maximum absolute atomic E-state index is 3.55. The van der Waals surface area contributed by atoms with E-state index in [1.165, 1.54) is 54.7 Å². The molecule has 0 atom stereocenters. The summed E-state index contributed by atoms with van der Waals surface area (Å²) in [5.74, 6) is 0.998. The highest BCUT2D eigenvalue weighted by atomic mass is 79.9. The highest BCUT2D eigenvalue weighted by molar-refractivity contribution is 9.10. The molecule has 2 heterocycles. The summed E-state index contributed by atoms with van der Waals surface area (Å²) in [6, 6.07) is 2.20. The predicted octanol–water partition coefficient (Wildman–Crippen LogP) is 4.11. The average Bonchev–Trinajstić information content (AvgIpc) is 2.83. The van der Waals surface area contributed by atoms with Crippen molar-refractivity contribution in [2.45, 2.75) is 39.2 Å². The van der Waals surface area contributed by atoms with Gasteiger partial charge in [0.2, 0.25) is 0 Å². The first-order chi connectivity index (χ1) is 9.28. The molecule has 1 N–H and O–H groups in total. The van der Waals surface area contributed by atoms with Crippen molar-refractivity contribution in [3.63, 3.8) is 0 Å². The van der Waals surface area contributed by atoms with E-state index in [0.717, 1.165) is 19.0 Å². The Hall–Kier alpha value is 0.1000. The smallest absolute Gasteiger partial charge is 0.0300 e. The van der Waals surface area contributed by atoms with E-state index in [9.17, 15) is 0 Å². The number of likely N-dealkylation sites (tertiary alicyclic amines) is 1. The van der Waals surface area contributed by atoms with E-state index >= 15 is 0 Å². The highest BCUT2D eigenvalue weighted by Crippen LogP contribution is 2.21. The molecule has 19 heavy (non-hydrogen) atoms. The van der Waals surface area contributed by atoms with Gasteiger partial charge in [-0.25, -0.2) is 0 Å². The summed E-state index contributed by atoms with van der Waals surface area (Å²) in [4.78, 5) is 4.03. The number of thiophene rings is 1. The molecule has 1 aromatic rings. The van der Waals surface area contributed by atoms with Gasteiger partial charge in [0.1, 0.15) is 0 Å². The molecule has 0 unspecified atom stereocenters. The van der Waals surface area contributed by atoms with Crippen molar-refractivity contribution in [3.8, 4) is 0 Å². The van der Waals surface area contributed by atoms with Crippen LogP contribution in [0, 0.1) is 5.92 Å². The van der Waals surface area contributed by atoms with E-state index < -0.39 is 0 Å². The van der Waals surface area contributed by atoms with Crippen molar-refractivity contribution in [1.29, 1.82) is 0 Å². The van der Waals surface area contributed by atoms with Crippen LogP contribution in [0.2, 0.25) is 0 Å². The highest BCUT2D eigenvalue weighted by Gasteiger charge is 2.17. The fourth-order valence-corrected chi connectivity index (χ4v) is 4.22. The number of nitrogens with zero attached hydrogens (tertiary/aromatic N) is 1. The van der Waals surface area contributed by atoms with Crippen LogP contribution in [0.3, 0.4) is 0 Å². The first kappa shape index (κ1) is 15.5. The lowest BCUT2D eigenvalue weighted by Gasteiger charge is -2.31. The lowest BCUT2D eigenvalue weighted by molar-refractivity contribution is 0.179. The van der Waals surface area contributed by atoms with E-state index in [1.54, 1.807) is 0 Å². The number of rotatable bonds is 7. The Morgan fingerprint density at radius 2 is 2.21 bits per heavy atom. The Bertz CT molecular complexity index is 359. The Balaban J connectivity index is 1.54. The SMILES string of the molecule is CCCC1CCN(CCNCc2cc(Br)cs2)CC1. The van der Waals surface area contributed by atoms with Gasteiger partial charge >= 0.3 is 0 Å². The van der Waals surface area contributed by atoms with Crippen LogP contribution < -0.4 is 5.32 Å². The first-order valence-electron chi connectivity index (χ1n) is 7.44. The van der Waals surface area contributed by atoms with Crippen LogP contribution in [-0.4, -0.2) is 31.1 Å². The van der Waals surface area contributed by atoms with E-state index in [2.05, 4.69) is 44.5 Å². The molecule has 1 saturated heterocycles. The third-order valence-corrected chi connectivity index (χ3v) is 5.63. The lowest BCUT2D eigenvalue weighted by Crippen LogP contribution is -2.38. The molecular weight excluding hydrogens is 320 g/mol. The van der Waals surface area contributed by atoms with Crippen molar-refractivity contribution >= 4 is 27.3 Å². The maximum atomic E-state index is 3.55. The second-order valence-electron chi connectivity index (χ2n) is 5.48. The minimum Gasteiger partial charge on any atom is -0.311 e. The molecule has 0 bridgehead atoms. The van der Waals surface area contributed by atoms with Gasteiger partial charge in [0.25, 0.3) is 0 Å². The summed E-state index contributed by atoms with van der Waals surface area (Å²) in [5.41, 5.74) is 0. The van der Waals surface area contributed by atoms with Crippen LogP contribution >= 0.6 is 27.3 Å². The minimum atomic E-state index is 0.998. The quantitative estimate of drug-likeness (QED) is 0.748. The Kier molecular flexibility index (Phi) is 6.85. The summed E-state index contributed by atoms with van der Waals surface area (Å²) in [6.07, 6.45) is 5.60. The monoisotopic (exact) mass is 344 g/mol. The van der Waals surface area contributed by atoms with Crippen molar-refractivity contribution in [3.05, 3.63) is 20.8 Å². The molecule has 0 radical (unpaired) electrons. The number of halogens is 1. The zero-order chi connectivity index (χ0) is 13.5. The average molecular weight is 345 g/mol. The predicted molar refractivity (Wildman–Crippen MR) is 87.8 cm³/mol. The molecule has 1 fully saturated rings. The number of hydrogen-bond acceptors (Lipinski definition) is 3. The van der Waals surface area contributed by atoms with Gasteiger partial charge in [-0.15, -0.1) is 11.3 Å². The van der Waals surface area contributed by atoms with Crippen LogP contribution in [0.1, 0.15) is 37.5 Å². The fourth-order valence-electron chi connectivity index (χ4n) is 2.80. The topological polar surface area (TPSA) is 15.3 Å². The second kappa shape index (κ2) is 8.40. The molecule has 0 amide bonds. The van der Waals surface area contributed by atoms with Gasteiger partial charge in [0.15, 0.2) is 0 Å². The summed E-state index contributed by atoms with van der Waals surface area (Å²) < 4.78 is 1.20. The normalized spacial score (nSPS) is 18.0. The first-order valence-corrected chi connectivity index (χ1v) is 9.11. The Morgan fingerprint density at radius 3 is 2.84 bits per heavy atom. The summed E-state index contributed by atoms with van der Waals surface area (Å²) in [7, 11) is 0. The van der Waals surface area contributed by atoms with Gasteiger partial charge in [0, 0.05) is 34.4 Å². The Labute approximate surface area is 129 Å². The van der Waals surface area contributed by atoms with Crippen molar-refractivity contribution < 1.29 is 0 Å². The van der Waals surface area contributed by atoms with Gasteiger partial charge in [-0.1, -0.05) is 19.8 Å². The molecule has 2 rings (SSSR count). The molecule has 4 heteroatoms. The molecular formula is C15H25BrN2S.